The second-order valence-electron chi connectivity index (χ2n) is 7.35. The van der Waals surface area contributed by atoms with Crippen LogP contribution in [0.2, 0.25) is 0 Å². The molecule has 0 unspecified atom stereocenters. The van der Waals surface area contributed by atoms with Crippen LogP contribution >= 0.6 is 0 Å². The largest absolute Gasteiger partial charge is 0.457 e. The van der Waals surface area contributed by atoms with E-state index in [1.54, 1.807) is 0 Å². The molecule has 0 radical (unpaired) electrons. The first-order valence-corrected chi connectivity index (χ1v) is 10.4. The van der Waals surface area contributed by atoms with Gasteiger partial charge in [-0.25, -0.2) is 0 Å². The van der Waals surface area contributed by atoms with E-state index < -0.39 is 31.0 Å². The van der Waals surface area contributed by atoms with Crippen LogP contribution in [0.15, 0.2) is 0 Å². The van der Waals surface area contributed by atoms with Crippen LogP contribution in [0.25, 0.3) is 0 Å². The molecular weight excluding hydrogens is 336 g/mol. The first-order valence-electron chi connectivity index (χ1n) is 10.4. The fourth-order valence-electron chi connectivity index (χ4n) is 3.32. The van der Waals surface area contributed by atoms with Gasteiger partial charge < -0.3 is 24.8 Å². The summed E-state index contributed by atoms with van der Waals surface area (Å²) in [4.78, 5) is 11.9. The Bertz CT molecular complexity index is 362. The van der Waals surface area contributed by atoms with Crippen molar-refractivity contribution < 1.29 is 29.6 Å². The van der Waals surface area contributed by atoms with E-state index in [-0.39, 0.29) is 12.6 Å². The molecule has 0 aromatic carbocycles. The molecule has 154 valence electrons. The van der Waals surface area contributed by atoms with Crippen LogP contribution in [0.3, 0.4) is 0 Å². The average Bonchev–Trinajstić information content (AvgIpc) is 2.99. The summed E-state index contributed by atoms with van der Waals surface area (Å²) >= 11 is 0. The Morgan fingerprint density at radius 1 is 1.04 bits per heavy atom. The Balaban J connectivity index is 1.97. The number of carbonyl (C=O) groups is 1. The van der Waals surface area contributed by atoms with Crippen molar-refractivity contribution in [1.29, 1.82) is 0 Å². The number of rotatable bonds is 15. The molecule has 26 heavy (non-hydrogen) atoms. The number of hydrogen-bond donors (Lipinski definition) is 3. The Morgan fingerprint density at radius 3 is 2.12 bits per heavy atom. The highest BCUT2D eigenvalue weighted by Gasteiger charge is 2.42. The molecule has 6 nitrogen and oxygen atoms in total. The number of esters is 1. The summed E-state index contributed by atoms with van der Waals surface area (Å²) in [5.41, 5.74) is 0. The van der Waals surface area contributed by atoms with E-state index in [0.717, 1.165) is 19.3 Å². The van der Waals surface area contributed by atoms with Crippen LogP contribution in [0.5, 0.6) is 0 Å². The van der Waals surface area contributed by atoms with E-state index in [1.807, 2.05) is 0 Å². The summed E-state index contributed by atoms with van der Waals surface area (Å²) < 4.78 is 10.4. The van der Waals surface area contributed by atoms with Crippen LogP contribution < -0.4 is 0 Å². The van der Waals surface area contributed by atoms with Crippen LogP contribution in [0, 0.1) is 0 Å². The van der Waals surface area contributed by atoms with Gasteiger partial charge in [0.15, 0.2) is 6.10 Å². The van der Waals surface area contributed by atoms with Crippen molar-refractivity contribution >= 4 is 5.97 Å². The molecule has 0 spiro atoms. The van der Waals surface area contributed by atoms with Gasteiger partial charge in [-0.05, 0) is 6.42 Å². The molecule has 0 aliphatic carbocycles. The molecule has 1 fully saturated rings. The zero-order valence-corrected chi connectivity index (χ0v) is 16.3. The molecule has 0 amide bonds. The first-order chi connectivity index (χ1) is 12.6. The maximum absolute atomic E-state index is 11.9. The van der Waals surface area contributed by atoms with Gasteiger partial charge in [-0.1, -0.05) is 71.1 Å². The minimum atomic E-state index is -1.17. The second-order valence-corrected chi connectivity index (χ2v) is 7.35. The van der Waals surface area contributed by atoms with Crippen LogP contribution in [-0.2, 0) is 14.3 Å². The zero-order valence-electron chi connectivity index (χ0n) is 16.3. The highest BCUT2D eigenvalue weighted by atomic mass is 16.6. The van der Waals surface area contributed by atoms with Crippen molar-refractivity contribution in [2.75, 3.05) is 13.2 Å². The number of aliphatic hydroxyl groups excluding tert-OH is 3. The lowest BCUT2D eigenvalue weighted by molar-refractivity contribution is -0.153. The van der Waals surface area contributed by atoms with Crippen LogP contribution in [0.4, 0.5) is 0 Å². The van der Waals surface area contributed by atoms with E-state index in [1.165, 1.54) is 51.4 Å². The third kappa shape index (κ3) is 9.31. The van der Waals surface area contributed by atoms with Crippen molar-refractivity contribution in [2.45, 2.75) is 108 Å². The summed E-state index contributed by atoms with van der Waals surface area (Å²) in [7, 11) is 0. The van der Waals surface area contributed by atoms with Gasteiger partial charge in [0.25, 0.3) is 0 Å². The Kier molecular flexibility index (Phi) is 12.9. The van der Waals surface area contributed by atoms with Crippen molar-refractivity contribution in [2.24, 2.45) is 0 Å². The monoisotopic (exact) mass is 374 g/mol. The van der Waals surface area contributed by atoms with Crippen LogP contribution in [-0.4, -0.2) is 58.9 Å². The standard InChI is InChI=1S/C20H38O6/c1-2-3-4-5-6-7-8-9-10-11-12-13-18(23)26-17-15-25-20(19(17)24)16(22)14-21/h16-17,19-22,24H,2-15H2,1H3/t16-,17-,19-,20-/m1/s1. The van der Waals surface area contributed by atoms with E-state index in [9.17, 15) is 15.0 Å². The second kappa shape index (κ2) is 14.4. The SMILES string of the molecule is CCCCCCCCCCCCCC(=O)O[C@@H]1CO[C@H]([C@H](O)CO)[C@@H]1O. The molecule has 0 aromatic heterocycles. The van der Waals surface area contributed by atoms with Gasteiger partial charge in [0, 0.05) is 6.42 Å². The Hall–Kier alpha value is -0.690. The predicted octanol–water partition coefficient (Wildman–Crippen LogP) is 2.71. The van der Waals surface area contributed by atoms with Crippen molar-refractivity contribution in [1.82, 2.24) is 0 Å². The highest BCUT2D eigenvalue weighted by molar-refractivity contribution is 5.69. The molecule has 1 aliphatic heterocycles. The average molecular weight is 375 g/mol. The summed E-state index contributed by atoms with van der Waals surface area (Å²) in [6.07, 6.45) is 9.86. The van der Waals surface area contributed by atoms with Gasteiger partial charge in [-0.3, -0.25) is 4.79 Å². The van der Waals surface area contributed by atoms with Crippen molar-refractivity contribution in [3.05, 3.63) is 0 Å². The molecule has 1 rings (SSSR count). The van der Waals surface area contributed by atoms with Gasteiger partial charge in [0.1, 0.15) is 18.3 Å². The van der Waals surface area contributed by atoms with Gasteiger partial charge >= 0.3 is 5.97 Å². The van der Waals surface area contributed by atoms with E-state index in [4.69, 9.17) is 14.6 Å². The van der Waals surface area contributed by atoms with E-state index in [0.29, 0.717) is 6.42 Å². The Labute approximate surface area is 157 Å². The normalized spacial score (nSPS) is 23.9. The summed E-state index contributed by atoms with van der Waals surface area (Å²) in [6.45, 7) is 1.78. The lowest BCUT2D eigenvalue weighted by atomic mass is 10.1. The molecular formula is C20H38O6. The number of ether oxygens (including phenoxy) is 2. The predicted molar refractivity (Wildman–Crippen MR) is 99.8 cm³/mol. The lowest BCUT2D eigenvalue weighted by Gasteiger charge is -2.20. The van der Waals surface area contributed by atoms with Crippen LogP contribution in [0.1, 0.15) is 84.0 Å². The molecule has 0 bridgehead atoms. The lowest BCUT2D eigenvalue weighted by Crippen LogP contribution is -2.41. The van der Waals surface area contributed by atoms with Gasteiger partial charge in [-0.2, -0.15) is 0 Å². The quantitative estimate of drug-likeness (QED) is 0.301. The fourth-order valence-corrected chi connectivity index (χ4v) is 3.32. The maximum Gasteiger partial charge on any atom is 0.306 e. The molecule has 0 aromatic rings. The molecule has 6 heteroatoms. The third-order valence-corrected chi connectivity index (χ3v) is 5.00. The van der Waals surface area contributed by atoms with E-state index in [2.05, 4.69) is 6.92 Å². The van der Waals surface area contributed by atoms with Gasteiger partial charge in [0.2, 0.25) is 0 Å². The fraction of sp³-hybridized carbons (Fsp3) is 0.950. The number of hydrogen-bond acceptors (Lipinski definition) is 6. The third-order valence-electron chi connectivity index (χ3n) is 5.00. The summed E-state index contributed by atoms with van der Waals surface area (Å²) in [5.74, 6) is -0.340. The minimum absolute atomic E-state index is 0.0485. The molecule has 1 aliphatic rings. The number of carbonyl (C=O) groups excluding carboxylic acids is 1. The molecule has 4 atom stereocenters. The molecule has 1 heterocycles. The van der Waals surface area contributed by atoms with Crippen molar-refractivity contribution in [3.8, 4) is 0 Å². The molecule has 3 N–H and O–H groups in total. The Morgan fingerprint density at radius 2 is 1.58 bits per heavy atom. The minimum Gasteiger partial charge on any atom is -0.457 e. The van der Waals surface area contributed by atoms with Gasteiger partial charge in [-0.15, -0.1) is 0 Å². The summed E-state index contributed by atoms with van der Waals surface area (Å²) in [6, 6.07) is 0. The molecule has 1 saturated heterocycles. The number of aliphatic hydroxyl groups is 3. The zero-order chi connectivity index (χ0) is 19.2. The maximum atomic E-state index is 11.9. The number of unbranched alkanes of at least 4 members (excludes halogenated alkanes) is 10. The molecule has 0 saturated carbocycles. The smallest absolute Gasteiger partial charge is 0.306 e. The summed E-state index contributed by atoms with van der Waals surface area (Å²) in [5, 5.41) is 28.4. The van der Waals surface area contributed by atoms with Crippen molar-refractivity contribution in [3.63, 3.8) is 0 Å². The van der Waals surface area contributed by atoms with E-state index >= 15 is 0 Å². The topological polar surface area (TPSA) is 96.2 Å². The van der Waals surface area contributed by atoms with Gasteiger partial charge in [0.05, 0.1) is 13.2 Å². The highest BCUT2D eigenvalue weighted by Crippen LogP contribution is 2.21. The first kappa shape index (κ1) is 23.3.